The van der Waals surface area contributed by atoms with Gasteiger partial charge in [-0.25, -0.2) is 0 Å². The molecule has 2 N–H and O–H groups in total. The number of nitrogens with one attached hydrogen (secondary N) is 2. The summed E-state index contributed by atoms with van der Waals surface area (Å²) >= 11 is 1.74. The highest BCUT2D eigenvalue weighted by Crippen LogP contribution is 2.35. The van der Waals surface area contributed by atoms with Gasteiger partial charge in [0.1, 0.15) is 0 Å². The third-order valence-corrected chi connectivity index (χ3v) is 5.38. The van der Waals surface area contributed by atoms with Gasteiger partial charge in [-0.05, 0) is 41.7 Å². The van der Waals surface area contributed by atoms with Gasteiger partial charge in [0.05, 0.1) is 0 Å². The Kier molecular flexibility index (Phi) is 4.66. The Balaban J connectivity index is 1.55. The number of carbonyl (C=O) groups excluding carboxylic acids is 1. The zero-order valence-electron chi connectivity index (χ0n) is 13.1. The Morgan fingerprint density at radius 1 is 1.59 bits per heavy atom. The number of aliphatic imine (C=N–C) groups is 1. The van der Waals surface area contributed by atoms with E-state index in [1.165, 1.54) is 5.56 Å². The molecule has 2 fully saturated rings. The molecule has 0 aliphatic carbocycles. The van der Waals surface area contributed by atoms with Crippen molar-refractivity contribution in [2.75, 3.05) is 33.2 Å². The summed E-state index contributed by atoms with van der Waals surface area (Å²) in [6.07, 6.45) is 3.94. The molecule has 22 heavy (non-hydrogen) atoms. The maximum atomic E-state index is 11.6. The highest BCUT2D eigenvalue weighted by Gasteiger charge is 2.42. The van der Waals surface area contributed by atoms with Crippen LogP contribution < -0.4 is 10.6 Å². The lowest BCUT2D eigenvalue weighted by molar-refractivity contribution is -0.119. The quantitative estimate of drug-likeness (QED) is 0.655. The lowest BCUT2D eigenvalue weighted by Gasteiger charge is -2.40. The Morgan fingerprint density at radius 2 is 2.50 bits per heavy atom. The average Bonchev–Trinajstić information content (AvgIpc) is 3.14. The fourth-order valence-corrected chi connectivity index (χ4v) is 4.22. The first-order valence-electron chi connectivity index (χ1n) is 7.94. The van der Waals surface area contributed by atoms with E-state index in [4.69, 9.17) is 0 Å². The average molecular weight is 320 g/mol. The lowest BCUT2D eigenvalue weighted by Crippen LogP contribution is -2.51. The number of likely N-dealkylation sites (tertiary alicyclic amines) is 1. The Labute approximate surface area is 135 Å². The first-order valence-corrected chi connectivity index (χ1v) is 8.88. The maximum absolute atomic E-state index is 11.6. The standard InChI is InChI=1S/C16H24N4OS/c1-17-15(18-6-3-13-4-8-22-10-13)20-7-2-5-16(12-20)9-14(21)19-11-16/h4,8,10H,2-3,5-7,9,11-12H2,1H3,(H,17,18)(H,19,21). The molecule has 1 spiro atoms. The SMILES string of the molecule is CN=C(NCCc1ccsc1)N1CCCC2(CNC(=O)C2)C1. The predicted molar refractivity (Wildman–Crippen MR) is 90.3 cm³/mol. The van der Waals surface area contributed by atoms with Crippen molar-refractivity contribution < 1.29 is 4.79 Å². The molecule has 6 heteroatoms. The van der Waals surface area contributed by atoms with E-state index in [2.05, 4.69) is 37.4 Å². The molecule has 0 radical (unpaired) electrons. The summed E-state index contributed by atoms with van der Waals surface area (Å²) in [5, 5.41) is 10.8. The van der Waals surface area contributed by atoms with Gasteiger partial charge in [0, 0.05) is 45.1 Å². The van der Waals surface area contributed by atoms with E-state index < -0.39 is 0 Å². The lowest BCUT2D eigenvalue weighted by atomic mass is 9.79. The molecule has 1 unspecified atom stereocenters. The molecule has 1 atom stereocenters. The van der Waals surface area contributed by atoms with Gasteiger partial charge < -0.3 is 15.5 Å². The molecule has 1 aromatic rings. The minimum absolute atomic E-state index is 0.111. The van der Waals surface area contributed by atoms with Crippen molar-refractivity contribution in [2.45, 2.75) is 25.7 Å². The third-order valence-electron chi connectivity index (χ3n) is 4.65. The van der Waals surface area contributed by atoms with Crippen LogP contribution in [0.15, 0.2) is 21.8 Å². The number of piperidine rings is 1. The Hall–Kier alpha value is -1.56. The second kappa shape index (κ2) is 6.69. The Morgan fingerprint density at radius 3 is 3.18 bits per heavy atom. The van der Waals surface area contributed by atoms with E-state index >= 15 is 0 Å². The van der Waals surface area contributed by atoms with Gasteiger partial charge in [-0.3, -0.25) is 9.79 Å². The van der Waals surface area contributed by atoms with Crippen LogP contribution in [0.1, 0.15) is 24.8 Å². The number of guanidine groups is 1. The number of hydrogen-bond acceptors (Lipinski definition) is 3. The summed E-state index contributed by atoms with van der Waals surface area (Å²) in [5.74, 6) is 1.16. The number of carbonyl (C=O) groups is 1. The predicted octanol–water partition coefficient (Wildman–Crippen LogP) is 1.47. The maximum Gasteiger partial charge on any atom is 0.220 e. The van der Waals surface area contributed by atoms with E-state index in [1.54, 1.807) is 11.3 Å². The smallest absolute Gasteiger partial charge is 0.220 e. The van der Waals surface area contributed by atoms with Crippen LogP contribution in [-0.4, -0.2) is 50.0 Å². The second-order valence-corrected chi connectivity index (χ2v) is 7.11. The number of nitrogens with zero attached hydrogens (tertiary/aromatic N) is 2. The fraction of sp³-hybridized carbons (Fsp3) is 0.625. The number of hydrogen-bond donors (Lipinski definition) is 2. The number of amides is 1. The molecule has 0 bridgehead atoms. The van der Waals surface area contributed by atoms with Gasteiger partial charge in [0.25, 0.3) is 0 Å². The van der Waals surface area contributed by atoms with Crippen molar-refractivity contribution in [1.82, 2.24) is 15.5 Å². The molecule has 3 heterocycles. The zero-order chi connectivity index (χ0) is 15.4. The van der Waals surface area contributed by atoms with Gasteiger partial charge in [0.2, 0.25) is 5.91 Å². The topological polar surface area (TPSA) is 56.7 Å². The number of thiophene rings is 1. The first kappa shape index (κ1) is 15.3. The summed E-state index contributed by atoms with van der Waals surface area (Å²) in [7, 11) is 1.84. The van der Waals surface area contributed by atoms with Gasteiger partial charge in [-0.1, -0.05) is 0 Å². The van der Waals surface area contributed by atoms with Crippen molar-refractivity contribution in [2.24, 2.45) is 10.4 Å². The fourth-order valence-electron chi connectivity index (χ4n) is 3.51. The van der Waals surface area contributed by atoms with E-state index in [1.807, 2.05) is 7.05 Å². The van der Waals surface area contributed by atoms with Crippen molar-refractivity contribution in [3.05, 3.63) is 22.4 Å². The minimum atomic E-state index is 0.111. The molecular formula is C16H24N4OS. The molecule has 1 amide bonds. The minimum Gasteiger partial charge on any atom is -0.356 e. The van der Waals surface area contributed by atoms with Gasteiger partial charge in [-0.2, -0.15) is 11.3 Å². The van der Waals surface area contributed by atoms with Crippen molar-refractivity contribution in [3.8, 4) is 0 Å². The normalized spacial score (nSPS) is 25.6. The van der Waals surface area contributed by atoms with Crippen LogP contribution in [0, 0.1) is 5.41 Å². The Bertz CT molecular complexity index is 542. The van der Waals surface area contributed by atoms with Crippen LogP contribution in [0.4, 0.5) is 0 Å². The van der Waals surface area contributed by atoms with Crippen LogP contribution in [-0.2, 0) is 11.2 Å². The van der Waals surface area contributed by atoms with Crippen LogP contribution >= 0.6 is 11.3 Å². The van der Waals surface area contributed by atoms with Crippen LogP contribution in [0.2, 0.25) is 0 Å². The summed E-state index contributed by atoms with van der Waals surface area (Å²) in [5.41, 5.74) is 1.48. The van der Waals surface area contributed by atoms with Crippen LogP contribution in [0.3, 0.4) is 0 Å². The van der Waals surface area contributed by atoms with Crippen LogP contribution in [0.5, 0.6) is 0 Å². The molecule has 1 aromatic heterocycles. The van der Waals surface area contributed by atoms with E-state index in [9.17, 15) is 4.79 Å². The zero-order valence-corrected chi connectivity index (χ0v) is 13.9. The molecule has 0 saturated carbocycles. The van der Waals surface area contributed by atoms with E-state index in [0.29, 0.717) is 6.42 Å². The molecule has 2 saturated heterocycles. The van der Waals surface area contributed by atoms with Crippen LogP contribution in [0.25, 0.3) is 0 Å². The summed E-state index contributed by atoms with van der Waals surface area (Å²) in [6.45, 7) is 3.65. The van der Waals surface area contributed by atoms with Crippen molar-refractivity contribution in [1.29, 1.82) is 0 Å². The molecular weight excluding hydrogens is 296 g/mol. The molecule has 2 aliphatic heterocycles. The largest absolute Gasteiger partial charge is 0.356 e. The summed E-state index contributed by atoms with van der Waals surface area (Å²) in [4.78, 5) is 18.3. The number of rotatable bonds is 3. The van der Waals surface area contributed by atoms with Crippen molar-refractivity contribution >= 4 is 23.2 Å². The highest BCUT2D eigenvalue weighted by molar-refractivity contribution is 7.07. The van der Waals surface area contributed by atoms with Gasteiger partial charge in [-0.15, -0.1) is 0 Å². The second-order valence-electron chi connectivity index (χ2n) is 6.33. The highest BCUT2D eigenvalue weighted by atomic mass is 32.1. The van der Waals surface area contributed by atoms with Gasteiger partial charge in [0.15, 0.2) is 5.96 Å². The monoisotopic (exact) mass is 320 g/mol. The van der Waals surface area contributed by atoms with E-state index in [0.717, 1.165) is 51.4 Å². The molecule has 120 valence electrons. The van der Waals surface area contributed by atoms with E-state index in [-0.39, 0.29) is 11.3 Å². The summed E-state index contributed by atoms with van der Waals surface area (Å²) < 4.78 is 0. The van der Waals surface area contributed by atoms with Gasteiger partial charge >= 0.3 is 0 Å². The third kappa shape index (κ3) is 3.43. The molecule has 0 aromatic carbocycles. The van der Waals surface area contributed by atoms with Crippen molar-refractivity contribution in [3.63, 3.8) is 0 Å². The molecule has 5 nitrogen and oxygen atoms in total. The first-order chi connectivity index (χ1) is 10.7. The molecule has 2 aliphatic rings. The summed E-state index contributed by atoms with van der Waals surface area (Å²) in [6, 6.07) is 2.17. The molecule has 3 rings (SSSR count).